The highest BCUT2D eigenvalue weighted by molar-refractivity contribution is 5.94. The summed E-state index contributed by atoms with van der Waals surface area (Å²) < 4.78 is 28.3. The molecular weight excluding hydrogens is 354 g/mol. The Bertz CT molecular complexity index is 975. The van der Waals surface area contributed by atoms with Crippen LogP contribution in [-0.2, 0) is 19.6 Å². The van der Waals surface area contributed by atoms with E-state index in [1.807, 2.05) is 10.7 Å². The Kier molecular flexibility index (Phi) is 4.49. The zero-order chi connectivity index (χ0) is 18.8. The summed E-state index contributed by atoms with van der Waals surface area (Å²) >= 11 is 0. The summed E-state index contributed by atoms with van der Waals surface area (Å²) in [5.74, 6) is -1.68. The monoisotopic (exact) mass is 370 g/mol. The van der Waals surface area contributed by atoms with Crippen LogP contribution in [-0.4, -0.2) is 37.1 Å². The summed E-state index contributed by atoms with van der Waals surface area (Å²) in [5.41, 5.74) is 1.83. The highest BCUT2D eigenvalue weighted by atomic mass is 19.2. The van der Waals surface area contributed by atoms with Gasteiger partial charge in [-0.2, -0.15) is 5.10 Å². The van der Waals surface area contributed by atoms with Crippen molar-refractivity contribution < 1.29 is 13.6 Å². The van der Waals surface area contributed by atoms with E-state index in [1.165, 1.54) is 6.07 Å². The van der Waals surface area contributed by atoms with Gasteiger partial charge >= 0.3 is 0 Å². The summed E-state index contributed by atoms with van der Waals surface area (Å²) in [5, 5.41) is 7.65. The normalized spacial score (nSPS) is 13.3. The van der Waals surface area contributed by atoms with Crippen LogP contribution in [0.3, 0.4) is 0 Å². The fourth-order valence-electron chi connectivity index (χ4n) is 2.97. The first-order valence-corrected chi connectivity index (χ1v) is 8.40. The second kappa shape index (κ2) is 7.10. The number of amides is 1. The second-order valence-corrected chi connectivity index (χ2v) is 6.15. The summed E-state index contributed by atoms with van der Waals surface area (Å²) in [6.07, 6.45) is 4.82. The lowest BCUT2D eigenvalue weighted by atomic mass is 10.1. The lowest BCUT2D eigenvalue weighted by Gasteiger charge is -2.27. The summed E-state index contributed by atoms with van der Waals surface area (Å²) in [7, 11) is 0. The third-order valence-corrected chi connectivity index (χ3v) is 4.32. The third kappa shape index (κ3) is 3.62. The van der Waals surface area contributed by atoms with E-state index >= 15 is 0 Å². The molecule has 138 valence electrons. The number of halogens is 2. The van der Waals surface area contributed by atoms with Crippen molar-refractivity contribution in [3.63, 3.8) is 0 Å². The molecule has 0 saturated heterocycles. The maximum Gasteiger partial charge on any atom is 0.254 e. The highest BCUT2D eigenvalue weighted by Crippen LogP contribution is 2.18. The molecule has 0 atom stereocenters. The minimum Gasteiger partial charge on any atom is -0.363 e. The topological polar surface area (TPSA) is 75.9 Å². The van der Waals surface area contributed by atoms with Gasteiger partial charge in [-0.25, -0.2) is 13.8 Å². The molecule has 1 amide bonds. The van der Waals surface area contributed by atoms with E-state index in [2.05, 4.69) is 20.4 Å². The number of anilines is 1. The van der Waals surface area contributed by atoms with Gasteiger partial charge < -0.3 is 10.2 Å². The molecule has 4 rings (SSSR count). The van der Waals surface area contributed by atoms with Crippen molar-refractivity contribution in [2.45, 2.75) is 19.6 Å². The average Bonchev–Trinajstić information content (AvgIpc) is 3.11. The SMILES string of the molecule is O=C(c1ccc(F)c(F)c1)N1CCn2nc(CNc3cnccn3)cc2C1. The molecule has 0 spiro atoms. The molecule has 2 aromatic heterocycles. The Balaban J connectivity index is 1.44. The Labute approximate surface area is 153 Å². The molecule has 0 aliphatic carbocycles. The van der Waals surface area contributed by atoms with Crippen LogP contribution in [0.5, 0.6) is 0 Å². The van der Waals surface area contributed by atoms with E-state index in [1.54, 1.807) is 23.5 Å². The molecule has 9 heteroatoms. The predicted molar refractivity (Wildman–Crippen MR) is 92.7 cm³/mol. The van der Waals surface area contributed by atoms with Crippen LogP contribution in [0.25, 0.3) is 0 Å². The molecular formula is C18H16F2N6O. The maximum atomic E-state index is 13.4. The Morgan fingerprint density at radius 1 is 1.15 bits per heavy atom. The van der Waals surface area contributed by atoms with Crippen LogP contribution in [0.2, 0.25) is 0 Å². The fraction of sp³-hybridized carbons (Fsp3) is 0.222. The molecule has 3 heterocycles. The van der Waals surface area contributed by atoms with Crippen LogP contribution in [0.4, 0.5) is 14.6 Å². The van der Waals surface area contributed by atoms with Gasteiger partial charge in [-0.05, 0) is 24.3 Å². The smallest absolute Gasteiger partial charge is 0.254 e. The van der Waals surface area contributed by atoms with Crippen molar-refractivity contribution in [1.82, 2.24) is 24.6 Å². The Morgan fingerprint density at radius 3 is 2.81 bits per heavy atom. The molecule has 0 fully saturated rings. The van der Waals surface area contributed by atoms with Gasteiger partial charge in [0.15, 0.2) is 11.6 Å². The molecule has 1 aromatic carbocycles. The predicted octanol–water partition coefficient (Wildman–Crippen LogP) is 2.22. The quantitative estimate of drug-likeness (QED) is 0.762. The van der Waals surface area contributed by atoms with Crippen molar-refractivity contribution >= 4 is 11.7 Å². The van der Waals surface area contributed by atoms with Crippen molar-refractivity contribution in [2.75, 3.05) is 11.9 Å². The first-order chi connectivity index (χ1) is 13.1. The van der Waals surface area contributed by atoms with E-state index in [0.717, 1.165) is 23.5 Å². The van der Waals surface area contributed by atoms with Gasteiger partial charge in [-0.15, -0.1) is 0 Å². The van der Waals surface area contributed by atoms with Crippen molar-refractivity contribution in [3.8, 4) is 0 Å². The number of fused-ring (bicyclic) bond motifs is 1. The van der Waals surface area contributed by atoms with Gasteiger partial charge in [0.1, 0.15) is 5.82 Å². The number of hydrogen-bond acceptors (Lipinski definition) is 5. The van der Waals surface area contributed by atoms with E-state index in [0.29, 0.717) is 32.0 Å². The van der Waals surface area contributed by atoms with Crippen LogP contribution in [0.1, 0.15) is 21.7 Å². The number of rotatable bonds is 4. The van der Waals surface area contributed by atoms with Crippen molar-refractivity contribution in [3.05, 3.63) is 71.4 Å². The van der Waals surface area contributed by atoms with Crippen molar-refractivity contribution in [1.29, 1.82) is 0 Å². The van der Waals surface area contributed by atoms with Gasteiger partial charge in [-0.1, -0.05) is 0 Å². The van der Waals surface area contributed by atoms with Crippen LogP contribution >= 0.6 is 0 Å². The standard InChI is InChI=1S/C18H16F2N6O/c19-15-2-1-12(7-16(15)20)18(27)25-5-6-26-14(11-25)8-13(24-26)9-23-17-10-21-3-4-22-17/h1-4,7-8,10H,5-6,9,11H2,(H,22,23). The van der Waals surface area contributed by atoms with E-state index < -0.39 is 11.6 Å². The summed E-state index contributed by atoms with van der Waals surface area (Å²) in [4.78, 5) is 22.3. The second-order valence-electron chi connectivity index (χ2n) is 6.15. The third-order valence-electron chi connectivity index (χ3n) is 4.32. The van der Waals surface area contributed by atoms with Gasteiger partial charge in [0.25, 0.3) is 5.91 Å². The zero-order valence-electron chi connectivity index (χ0n) is 14.3. The number of hydrogen-bond donors (Lipinski definition) is 1. The summed E-state index contributed by atoms with van der Waals surface area (Å²) in [6.45, 7) is 1.82. The molecule has 27 heavy (non-hydrogen) atoms. The van der Waals surface area contributed by atoms with Crippen molar-refractivity contribution in [2.24, 2.45) is 0 Å². The number of nitrogens with one attached hydrogen (secondary N) is 1. The molecule has 1 aliphatic rings. The van der Waals surface area contributed by atoms with E-state index in [4.69, 9.17) is 0 Å². The Morgan fingerprint density at radius 2 is 2.04 bits per heavy atom. The van der Waals surface area contributed by atoms with Gasteiger partial charge in [-0.3, -0.25) is 14.5 Å². The zero-order valence-corrected chi connectivity index (χ0v) is 14.3. The van der Waals surface area contributed by atoms with Crippen LogP contribution in [0, 0.1) is 11.6 Å². The maximum absolute atomic E-state index is 13.4. The largest absolute Gasteiger partial charge is 0.363 e. The lowest BCUT2D eigenvalue weighted by Crippen LogP contribution is -2.38. The van der Waals surface area contributed by atoms with Gasteiger partial charge in [0.2, 0.25) is 0 Å². The molecule has 3 aromatic rings. The molecule has 1 aliphatic heterocycles. The molecule has 0 saturated carbocycles. The Hall–Kier alpha value is -3.36. The first-order valence-electron chi connectivity index (χ1n) is 8.40. The number of aromatic nitrogens is 4. The van der Waals surface area contributed by atoms with Crippen LogP contribution < -0.4 is 5.32 Å². The van der Waals surface area contributed by atoms with Crippen LogP contribution in [0.15, 0.2) is 42.9 Å². The van der Waals surface area contributed by atoms with Gasteiger partial charge in [0, 0.05) is 24.5 Å². The molecule has 0 unspecified atom stereocenters. The first kappa shape index (κ1) is 17.1. The molecule has 0 radical (unpaired) electrons. The molecule has 0 bridgehead atoms. The molecule has 1 N–H and O–H groups in total. The number of nitrogens with zero attached hydrogens (tertiary/aromatic N) is 5. The van der Waals surface area contributed by atoms with E-state index in [-0.39, 0.29) is 11.5 Å². The fourth-order valence-corrected chi connectivity index (χ4v) is 2.97. The number of carbonyl (C=O) groups is 1. The molecule has 7 nitrogen and oxygen atoms in total. The number of benzene rings is 1. The van der Waals surface area contributed by atoms with Gasteiger partial charge in [0.05, 0.1) is 37.2 Å². The lowest BCUT2D eigenvalue weighted by molar-refractivity contribution is 0.0705. The minimum absolute atomic E-state index is 0.131. The number of carbonyl (C=O) groups excluding carboxylic acids is 1. The summed E-state index contributed by atoms with van der Waals surface area (Å²) in [6, 6.07) is 5.10. The highest BCUT2D eigenvalue weighted by Gasteiger charge is 2.24. The average molecular weight is 370 g/mol. The minimum atomic E-state index is -1.03. The van der Waals surface area contributed by atoms with E-state index in [9.17, 15) is 13.6 Å².